The fourth-order valence-electron chi connectivity index (χ4n) is 1.49. The molecule has 0 amide bonds. The molecule has 2 rings (SSSR count). The molecule has 0 fully saturated rings. The van der Waals surface area contributed by atoms with Crippen molar-refractivity contribution in [2.75, 3.05) is 0 Å². The summed E-state index contributed by atoms with van der Waals surface area (Å²) in [6.07, 6.45) is -1.60. The van der Waals surface area contributed by atoms with Gasteiger partial charge in [0.15, 0.2) is 5.82 Å². The van der Waals surface area contributed by atoms with Crippen LogP contribution in [0, 0.1) is 13.8 Å². The molecule has 0 aliphatic carbocycles. The number of hydrogen-bond acceptors (Lipinski definition) is 2. The SMILES string of the molecule is Cc1cnn(-c2ncccc2C(F)(F)F)c1C. The molecule has 2 aromatic rings. The van der Waals surface area contributed by atoms with E-state index in [1.807, 2.05) is 0 Å². The zero-order valence-corrected chi connectivity index (χ0v) is 9.28. The first kappa shape index (κ1) is 11.6. The molecule has 0 saturated heterocycles. The van der Waals surface area contributed by atoms with Crippen molar-refractivity contribution in [2.24, 2.45) is 0 Å². The average molecular weight is 241 g/mol. The summed E-state index contributed by atoms with van der Waals surface area (Å²) in [4.78, 5) is 3.77. The van der Waals surface area contributed by atoms with E-state index in [4.69, 9.17) is 0 Å². The highest BCUT2D eigenvalue weighted by Gasteiger charge is 2.35. The minimum absolute atomic E-state index is 0.189. The third-order valence-corrected chi connectivity index (χ3v) is 2.55. The van der Waals surface area contributed by atoms with Crippen molar-refractivity contribution >= 4 is 0 Å². The van der Waals surface area contributed by atoms with E-state index >= 15 is 0 Å². The second kappa shape index (κ2) is 3.87. The van der Waals surface area contributed by atoms with Crippen LogP contribution in [0.3, 0.4) is 0 Å². The number of aryl methyl sites for hydroxylation is 1. The molecule has 0 radical (unpaired) electrons. The maximum absolute atomic E-state index is 12.8. The van der Waals surface area contributed by atoms with Crippen LogP contribution >= 0.6 is 0 Å². The van der Waals surface area contributed by atoms with Crippen molar-refractivity contribution in [3.05, 3.63) is 41.3 Å². The molecule has 0 aliphatic heterocycles. The van der Waals surface area contributed by atoms with Crippen molar-refractivity contribution in [3.63, 3.8) is 0 Å². The topological polar surface area (TPSA) is 30.7 Å². The summed E-state index contributed by atoms with van der Waals surface area (Å²) in [6, 6.07) is 2.26. The van der Waals surface area contributed by atoms with Crippen LogP contribution in [0.2, 0.25) is 0 Å². The number of rotatable bonds is 1. The van der Waals surface area contributed by atoms with Gasteiger partial charge in [-0.15, -0.1) is 0 Å². The smallest absolute Gasteiger partial charge is 0.237 e. The maximum atomic E-state index is 12.8. The van der Waals surface area contributed by atoms with Crippen LogP contribution in [0.4, 0.5) is 13.2 Å². The number of alkyl halides is 3. The molecule has 0 atom stereocenters. The largest absolute Gasteiger partial charge is 0.420 e. The van der Waals surface area contributed by atoms with E-state index in [1.165, 1.54) is 23.1 Å². The van der Waals surface area contributed by atoms with Gasteiger partial charge in [0.1, 0.15) is 5.56 Å². The number of hydrogen-bond donors (Lipinski definition) is 0. The van der Waals surface area contributed by atoms with Crippen molar-refractivity contribution in [3.8, 4) is 5.82 Å². The molecule has 0 N–H and O–H groups in total. The zero-order valence-electron chi connectivity index (χ0n) is 9.28. The molecule has 0 bridgehead atoms. The standard InChI is InChI=1S/C11H10F3N3/c1-7-6-16-17(8(7)2)10-9(11(12,13)14)4-3-5-15-10/h3-6H,1-2H3. The lowest BCUT2D eigenvalue weighted by Gasteiger charge is -2.12. The highest BCUT2D eigenvalue weighted by Crippen LogP contribution is 2.32. The molecule has 3 nitrogen and oxygen atoms in total. The van der Waals surface area contributed by atoms with Crippen LogP contribution in [-0.4, -0.2) is 14.8 Å². The summed E-state index contributed by atoms with van der Waals surface area (Å²) in [7, 11) is 0. The lowest BCUT2D eigenvalue weighted by molar-refractivity contribution is -0.137. The molecule has 2 heterocycles. The Kier molecular flexibility index (Phi) is 2.65. The van der Waals surface area contributed by atoms with Crippen molar-refractivity contribution in [1.82, 2.24) is 14.8 Å². The summed E-state index contributed by atoms with van der Waals surface area (Å²) in [5, 5.41) is 3.91. The molecule has 0 aromatic carbocycles. The Morgan fingerprint density at radius 3 is 2.47 bits per heavy atom. The Labute approximate surface area is 95.9 Å². The minimum atomic E-state index is -4.43. The summed E-state index contributed by atoms with van der Waals surface area (Å²) >= 11 is 0. The van der Waals surface area contributed by atoms with Gasteiger partial charge >= 0.3 is 6.18 Å². The van der Waals surface area contributed by atoms with E-state index in [0.29, 0.717) is 5.69 Å². The Morgan fingerprint density at radius 2 is 1.94 bits per heavy atom. The molecule has 0 aliphatic rings. The third-order valence-electron chi connectivity index (χ3n) is 2.55. The van der Waals surface area contributed by atoms with E-state index in [1.54, 1.807) is 13.8 Å². The van der Waals surface area contributed by atoms with Gasteiger partial charge < -0.3 is 0 Å². The Hall–Kier alpha value is -1.85. The number of aromatic nitrogens is 3. The van der Waals surface area contributed by atoms with Gasteiger partial charge in [0, 0.05) is 11.9 Å². The lowest BCUT2D eigenvalue weighted by Crippen LogP contribution is -2.13. The van der Waals surface area contributed by atoms with Gasteiger partial charge in [-0.3, -0.25) is 0 Å². The van der Waals surface area contributed by atoms with Crippen LogP contribution in [0.5, 0.6) is 0 Å². The quantitative estimate of drug-likeness (QED) is 0.768. The molecule has 2 aromatic heterocycles. The average Bonchev–Trinajstić information content (AvgIpc) is 2.59. The highest BCUT2D eigenvalue weighted by atomic mass is 19.4. The molecule has 6 heteroatoms. The second-order valence-corrected chi connectivity index (χ2v) is 3.70. The van der Waals surface area contributed by atoms with E-state index in [9.17, 15) is 13.2 Å². The van der Waals surface area contributed by atoms with E-state index in [-0.39, 0.29) is 5.82 Å². The van der Waals surface area contributed by atoms with Crippen LogP contribution in [0.1, 0.15) is 16.8 Å². The molecule has 0 spiro atoms. The molecule has 90 valence electrons. The fourth-order valence-corrected chi connectivity index (χ4v) is 1.49. The zero-order chi connectivity index (χ0) is 12.6. The first-order valence-electron chi connectivity index (χ1n) is 4.95. The first-order valence-corrected chi connectivity index (χ1v) is 4.95. The second-order valence-electron chi connectivity index (χ2n) is 3.70. The van der Waals surface area contributed by atoms with Crippen LogP contribution in [0.15, 0.2) is 24.5 Å². The van der Waals surface area contributed by atoms with Crippen molar-refractivity contribution in [1.29, 1.82) is 0 Å². The van der Waals surface area contributed by atoms with Crippen molar-refractivity contribution in [2.45, 2.75) is 20.0 Å². The van der Waals surface area contributed by atoms with Gasteiger partial charge in [0.05, 0.1) is 6.20 Å². The van der Waals surface area contributed by atoms with Gasteiger partial charge in [-0.2, -0.15) is 18.3 Å². The Balaban J connectivity index is 2.64. The summed E-state index contributed by atoms with van der Waals surface area (Å²) < 4.78 is 39.6. The molecule has 17 heavy (non-hydrogen) atoms. The van der Waals surface area contributed by atoms with Gasteiger partial charge in [-0.1, -0.05) is 0 Å². The number of halogens is 3. The van der Waals surface area contributed by atoms with Gasteiger partial charge in [0.25, 0.3) is 0 Å². The first-order chi connectivity index (χ1) is 7.91. The summed E-state index contributed by atoms with van der Waals surface area (Å²) in [5.41, 5.74) is 0.684. The van der Waals surface area contributed by atoms with Crippen LogP contribution in [-0.2, 0) is 6.18 Å². The monoisotopic (exact) mass is 241 g/mol. The predicted molar refractivity (Wildman–Crippen MR) is 55.8 cm³/mol. The van der Waals surface area contributed by atoms with E-state index < -0.39 is 11.7 Å². The maximum Gasteiger partial charge on any atom is 0.420 e. The normalized spacial score (nSPS) is 11.8. The third kappa shape index (κ3) is 2.02. The molecule has 0 saturated carbocycles. The fraction of sp³-hybridized carbons (Fsp3) is 0.273. The Morgan fingerprint density at radius 1 is 1.24 bits per heavy atom. The predicted octanol–water partition coefficient (Wildman–Crippen LogP) is 2.90. The van der Waals surface area contributed by atoms with E-state index in [2.05, 4.69) is 10.1 Å². The van der Waals surface area contributed by atoms with E-state index in [0.717, 1.165) is 11.6 Å². The molecular weight excluding hydrogens is 231 g/mol. The summed E-state index contributed by atoms with van der Waals surface area (Å²) in [5.74, 6) is -0.189. The summed E-state index contributed by atoms with van der Waals surface area (Å²) in [6.45, 7) is 3.49. The van der Waals surface area contributed by atoms with Crippen LogP contribution < -0.4 is 0 Å². The molecular formula is C11H10F3N3. The lowest BCUT2D eigenvalue weighted by atomic mass is 10.2. The van der Waals surface area contributed by atoms with Gasteiger partial charge in [-0.25, -0.2) is 9.67 Å². The Bertz CT molecular complexity index is 543. The van der Waals surface area contributed by atoms with Gasteiger partial charge in [-0.05, 0) is 31.5 Å². The number of nitrogens with zero attached hydrogens (tertiary/aromatic N) is 3. The van der Waals surface area contributed by atoms with Crippen molar-refractivity contribution < 1.29 is 13.2 Å². The highest BCUT2D eigenvalue weighted by molar-refractivity contribution is 5.37. The van der Waals surface area contributed by atoms with Crippen LogP contribution in [0.25, 0.3) is 5.82 Å². The minimum Gasteiger partial charge on any atom is -0.237 e. The van der Waals surface area contributed by atoms with Gasteiger partial charge in [0.2, 0.25) is 0 Å². The molecule has 0 unspecified atom stereocenters. The number of pyridine rings is 1.